The predicted molar refractivity (Wildman–Crippen MR) is 85.5 cm³/mol. The van der Waals surface area contributed by atoms with E-state index in [2.05, 4.69) is 17.2 Å². The lowest BCUT2D eigenvalue weighted by molar-refractivity contribution is 0.0785. The summed E-state index contributed by atoms with van der Waals surface area (Å²) in [5.74, 6) is 0.0573. The van der Waals surface area contributed by atoms with Crippen LogP contribution in [0.5, 0.6) is 0 Å². The molecule has 1 amide bonds. The fourth-order valence-corrected chi connectivity index (χ4v) is 2.65. The van der Waals surface area contributed by atoms with Crippen molar-refractivity contribution in [1.82, 2.24) is 4.90 Å². The van der Waals surface area contributed by atoms with Crippen molar-refractivity contribution in [1.29, 1.82) is 0 Å². The summed E-state index contributed by atoms with van der Waals surface area (Å²) >= 11 is 1.65. The number of rotatable bonds is 5. The van der Waals surface area contributed by atoms with Crippen molar-refractivity contribution in [3.05, 3.63) is 52.2 Å². The molecule has 3 nitrogen and oxygen atoms in total. The van der Waals surface area contributed by atoms with Crippen LogP contribution in [-0.2, 0) is 6.54 Å². The highest BCUT2D eigenvalue weighted by Gasteiger charge is 2.12. The molecule has 0 atom stereocenters. The third-order valence-corrected chi connectivity index (χ3v) is 4.11. The van der Waals surface area contributed by atoms with Gasteiger partial charge in [0.25, 0.3) is 5.91 Å². The molecule has 1 heterocycles. The van der Waals surface area contributed by atoms with E-state index in [4.69, 9.17) is 0 Å². The van der Waals surface area contributed by atoms with E-state index in [1.54, 1.807) is 16.2 Å². The Balaban J connectivity index is 2.05. The minimum atomic E-state index is 0.0573. The summed E-state index contributed by atoms with van der Waals surface area (Å²) in [6, 6.07) is 9.83. The topological polar surface area (TPSA) is 23.6 Å². The lowest BCUT2D eigenvalue weighted by Gasteiger charge is -2.19. The summed E-state index contributed by atoms with van der Waals surface area (Å²) < 4.78 is 0. The quantitative estimate of drug-likeness (QED) is 0.841. The maximum Gasteiger partial charge on any atom is 0.253 e. The van der Waals surface area contributed by atoms with Crippen molar-refractivity contribution >= 4 is 22.9 Å². The van der Waals surface area contributed by atoms with Crippen LogP contribution in [0.1, 0.15) is 22.8 Å². The number of carbonyl (C=O) groups excluding carboxylic acids is 1. The van der Waals surface area contributed by atoms with E-state index in [1.165, 1.54) is 5.56 Å². The SMILES string of the molecule is CCN(C)c1ccc(C(=O)N(C)Cc2ccsc2)cc1. The van der Waals surface area contributed by atoms with Crippen LogP contribution in [0.15, 0.2) is 41.1 Å². The molecule has 0 saturated heterocycles. The third kappa shape index (κ3) is 3.39. The summed E-state index contributed by atoms with van der Waals surface area (Å²) in [5.41, 5.74) is 3.04. The van der Waals surface area contributed by atoms with Crippen molar-refractivity contribution in [3.8, 4) is 0 Å². The summed E-state index contributed by atoms with van der Waals surface area (Å²) in [7, 11) is 3.88. The van der Waals surface area contributed by atoms with Crippen LogP contribution in [0.25, 0.3) is 0 Å². The maximum absolute atomic E-state index is 12.3. The van der Waals surface area contributed by atoms with E-state index in [0.29, 0.717) is 6.54 Å². The van der Waals surface area contributed by atoms with E-state index in [9.17, 15) is 4.79 Å². The summed E-state index contributed by atoms with van der Waals surface area (Å²) in [4.78, 5) is 16.2. The van der Waals surface area contributed by atoms with Gasteiger partial charge in [-0.25, -0.2) is 0 Å². The van der Waals surface area contributed by atoms with Gasteiger partial charge in [-0.3, -0.25) is 4.79 Å². The van der Waals surface area contributed by atoms with Crippen LogP contribution in [0.3, 0.4) is 0 Å². The van der Waals surface area contributed by atoms with Gasteiger partial charge >= 0.3 is 0 Å². The average Bonchev–Trinajstić information content (AvgIpc) is 2.98. The number of hydrogen-bond donors (Lipinski definition) is 0. The number of nitrogens with zero attached hydrogens (tertiary/aromatic N) is 2. The maximum atomic E-state index is 12.3. The van der Waals surface area contributed by atoms with Crippen LogP contribution in [0.2, 0.25) is 0 Å². The van der Waals surface area contributed by atoms with E-state index >= 15 is 0 Å². The molecular weight excluding hydrogens is 268 g/mol. The highest BCUT2D eigenvalue weighted by Crippen LogP contribution is 2.16. The van der Waals surface area contributed by atoms with Crippen LogP contribution in [0.4, 0.5) is 5.69 Å². The van der Waals surface area contributed by atoms with Gasteiger partial charge in [0, 0.05) is 38.4 Å². The Morgan fingerprint density at radius 3 is 2.40 bits per heavy atom. The largest absolute Gasteiger partial charge is 0.375 e. The van der Waals surface area contributed by atoms with E-state index in [0.717, 1.165) is 17.8 Å². The first-order chi connectivity index (χ1) is 9.61. The standard InChI is InChI=1S/C16H20N2OS/c1-4-17(2)15-7-5-14(6-8-15)16(19)18(3)11-13-9-10-20-12-13/h5-10,12H,4,11H2,1-3H3. The minimum Gasteiger partial charge on any atom is -0.375 e. The van der Waals surface area contributed by atoms with E-state index in [1.807, 2.05) is 49.8 Å². The highest BCUT2D eigenvalue weighted by molar-refractivity contribution is 7.07. The summed E-state index contributed by atoms with van der Waals surface area (Å²) in [6.45, 7) is 3.71. The van der Waals surface area contributed by atoms with Crippen LogP contribution in [-0.4, -0.2) is 31.4 Å². The highest BCUT2D eigenvalue weighted by atomic mass is 32.1. The smallest absolute Gasteiger partial charge is 0.253 e. The minimum absolute atomic E-state index is 0.0573. The number of thiophene rings is 1. The van der Waals surface area contributed by atoms with Gasteiger partial charge in [-0.1, -0.05) is 0 Å². The van der Waals surface area contributed by atoms with Gasteiger partial charge in [0.2, 0.25) is 0 Å². The molecule has 0 aliphatic carbocycles. The fraction of sp³-hybridized carbons (Fsp3) is 0.312. The van der Waals surface area contributed by atoms with Crippen molar-refractivity contribution < 1.29 is 4.79 Å². The Morgan fingerprint density at radius 2 is 1.85 bits per heavy atom. The molecule has 106 valence electrons. The molecule has 0 spiro atoms. The van der Waals surface area contributed by atoms with Gasteiger partial charge in [0.1, 0.15) is 0 Å². The Labute approximate surface area is 124 Å². The molecule has 0 aliphatic heterocycles. The molecule has 0 bridgehead atoms. The predicted octanol–water partition coefficient (Wildman–Crippen LogP) is 3.48. The molecule has 0 aliphatic rings. The van der Waals surface area contributed by atoms with Crippen LogP contribution < -0.4 is 4.90 Å². The zero-order valence-electron chi connectivity index (χ0n) is 12.2. The summed E-state index contributed by atoms with van der Waals surface area (Å²) in [6.07, 6.45) is 0. The number of anilines is 1. The second-order valence-corrected chi connectivity index (χ2v) is 5.63. The number of benzene rings is 1. The Kier molecular flexibility index (Phi) is 4.79. The van der Waals surface area contributed by atoms with E-state index in [-0.39, 0.29) is 5.91 Å². The van der Waals surface area contributed by atoms with Crippen molar-refractivity contribution in [2.24, 2.45) is 0 Å². The number of hydrogen-bond acceptors (Lipinski definition) is 3. The van der Waals surface area contributed by atoms with Gasteiger partial charge in [-0.2, -0.15) is 11.3 Å². The normalized spacial score (nSPS) is 10.3. The molecule has 1 aromatic heterocycles. The molecule has 20 heavy (non-hydrogen) atoms. The first kappa shape index (κ1) is 14.6. The molecule has 0 saturated carbocycles. The molecule has 0 fully saturated rings. The zero-order valence-corrected chi connectivity index (χ0v) is 13.0. The van der Waals surface area contributed by atoms with Crippen LogP contribution in [0, 0.1) is 0 Å². The average molecular weight is 288 g/mol. The molecule has 0 N–H and O–H groups in total. The lowest BCUT2D eigenvalue weighted by atomic mass is 10.1. The third-order valence-electron chi connectivity index (χ3n) is 3.38. The van der Waals surface area contributed by atoms with Gasteiger partial charge < -0.3 is 9.80 Å². The van der Waals surface area contributed by atoms with Gasteiger partial charge in [0.15, 0.2) is 0 Å². The monoisotopic (exact) mass is 288 g/mol. The second-order valence-electron chi connectivity index (χ2n) is 4.85. The van der Waals surface area contributed by atoms with Gasteiger partial charge in [0.05, 0.1) is 0 Å². The molecule has 0 radical (unpaired) electrons. The molecular formula is C16H20N2OS. The first-order valence-corrected chi connectivity index (χ1v) is 7.64. The molecule has 1 aromatic carbocycles. The second kappa shape index (κ2) is 6.57. The molecule has 2 rings (SSSR count). The zero-order chi connectivity index (χ0) is 14.5. The molecule has 0 unspecified atom stereocenters. The van der Waals surface area contributed by atoms with Gasteiger partial charge in [-0.15, -0.1) is 0 Å². The lowest BCUT2D eigenvalue weighted by Crippen LogP contribution is -2.26. The molecule has 4 heteroatoms. The van der Waals surface area contributed by atoms with Crippen molar-refractivity contribution in [2.45, 2.75) is 13.5 Å². The van der Waals surface area contributed by atoms with Crippen LogP contribution >= 0.6 is 11.3 Å². The Hall–Kier alpha value is -1.81. The van der Waals surface area contributed by atoms with Crippen molar-refractivity contribution in [2.75, 3.05) is 25.5 Å². The number of carbonyl (C=O) groups is 1. The number of amides is 1. The first-order valence-electron chi connectivity index (χ1n) is 6.69. The van der Waals surface area contributed by atoms with Crippen molar-refractivity contribution in [3.63, 3.8) is 0 Å². The summed E-state index contributed by atoms with van der Waals surface area (Å²) in [5, 5.41) is 4.10. The van der Waals surface area contributed by atoms with E-state index < -0.39 is 0 Å². The molecule has 2 aromatic rings. The van der Waals surface area contributed by atoms with Gasteiger partial charge in [-0.05, 0) is 53.6 Å². The fourth-order valence-electron chi connectivity index (χ4n) is 1.99. The Morgan fingerprint density at radius 1 is 1.15 bits per heavy atom. The Bertz CT molecular complexity index is 548.